The Morgan fingerprint density at radius 2 is 2.05 bits per heavy atom. The number of hydrogen-bond acceptors (Lipinski definition) is 3. The molecule has 3 N–H and O–H groups in total. The number of benzene rings is 1. The molecule has 1 fully saturated rings. The Hall–Kier alpha value is -1.39. The summed E-state index contributed by atoms with van der Waals surface area (Å²) in [4.78, 5) is 12.4. The molecule has 1 saturated heterocycles. The Bertz CT molecular complexity index is 440. The first-order valence-corrected chi connectivity index (χ1v) is 6.92. The first-order valence-electron chi connectivity index (χ1n) is 6.92. The smallest absolute Gasteiger partial charge is 0.244 e. The van der Waals surface area contributed by atoms with Crippen molar-refractivity contribution in [2.24, 2.45) is 5.73 Å². The molecule has 0 atom stereocenters. The highest BCUT2D eigenvalue weighted by atomic mass is 16.5. The van der Waals surface area contributed by atoms with Crippen LogP contribution in [0.3, 0.4) is 0 Å². The van der Waals surface area contributed by atoms with Crippen molar-refractivity contribution in [3.63, 3.8) is 0 Å². The van der Waals surface area contributed by atoms with Gasteiger partial charge in [0.15, 0.2) is 0 Å². The SMILES string of the molecule is CCCc1ccccc1NC(=O)C1(N)CCOCC1. The molecule has 4 heteroatoms. The van der Waals surface area contributed by atoms with Crippen LogP contribution in [0.2, 0.25) is 0 Å². The number of hydrogen-bond donors (Lipinski definition) is 2. The molecular formula is C15H22N2O2. The summed E-state index contributed by atoms with van der Waals surface area (Å²) < 4.78 is 5.27. The van der Waals surface area contributed by atoms with Crippen molar-refractivity contribution in [2.75, 3.05) is 18.5 Å². The van der Waals surface area contributed by atoms with Crippen LogP contribution in [0.25, 0.3) is 0 Å². The van der Waals surface area contributed by atoms with Crippen molar-refractivity contribution < 1.29 is 9.53 Å². The third kappa shape index (κ3) is 3.33. The molecule has 1 amide bonds. The molecular weight excluding hydrogens is 240 g/mol. The van der Waals surface area contributed by atoms with Gasteiger partial charge in [0.1, 0.15) is 5.54 Å². The fraction of sp³-hybridized carbons (Fsp3) is 0.533. The van der Waals surface area contributed by atoms with Crippen LogP contribution >= 0.6 is 0 Å². The molecule has 0 saturated carbocycles. The highest BCUT2D eigenvalue weighted by Crippen LogP contribution is 2.22. The highest BCUT2D eigenvalue weighted by molar-refractivity contribution is 5.98. The van der Waals surface area contributed by atoms with Gasteiger partial charge in [0.05, 0.1) is 0 Å². The van der Waals surface area contributed by atoms with E-state index in [0.29, 0.717) is 26.1 Å². The number of para-hydroxylation sites is 1. The molecule has 0 spiro atoms. The van der Waals surface area contributed by atoms with Crippen LogP contribution in [0.5, 0.6) is 0 Å². The van der Waals surface area contributed by atoms with Crippen LogP contribution in [0.15, 0.2) is 24.3 Å². The molecule has 1 aromatic carbocycles. The molecule has 0 radical (unpaired) electrons. The third-order valence-electron chi connectivity index (χ3n) is 3.62. The maximum atomic E-state index is 12.4. The highest BCUT2D eigenvalue weighted by Gasteiger charge is 2.36. The van der Waals surface area contributed by atoms with Crippen LogP contribution in [0.1, 0.15) is 31.7 Å². The van der Waals surface area contributed by atoms with Crippen molar-refractivity contribution >= 4 is 11.6 Å². The second-order valence-corrected chi connectivity index (χ2v) is 5.13. The van der Waals surface area contributed by atoms with Gasteiger partial charge >= 0.3 is 0 Å². The van der Waals surface area contributed by atoms with Crippen LogP contribution in [0.4, 0.5) is 5.69 Å². The van der Waals surface area contributed by atoms with Crippen molar-refractivity contribution in [1.82, 2.24) is 0 Å². The molecule has 1 aliphatic rings. The normalized spacial score (nSPS) is 18.0. The van der Waals surface area contributed by atoms with Crippen LogP contribution in [0, 0.1) is 0 Å². The number of nitrogens with one attached hydrogen (secondary N) is 1. The Morgan fingerprint density at radius 3 is 2.74 bits per heavy atom. The maximum absolute atomic E-state index is 12.4. The Labute approximate surface area is 114 Å². The second kappa shape index (κ2) is 6.17. The second-order valence-electron chi connectivity index (χ2n) is 5.13. The first-order chi connectivity index (χ1) is 9.15. The summed E-state index contributed by atoms with van der Waals surface area (Å²) in [6.45, 7) is 3.24. The lowest BCUT2D eigenvalue weighted by atomic mass is 9.90. The Balaban J connectivity index is 2.10. The molecule has 0 unspecified atom stereocenters. The van der Waals surface area contributed by atoms with E-state index in [2.05, 4.69) is 12.2 Å². The lowest BCUT2D eigenvalue weighted by Gasteiger charge is -2.32. The lowest BCUT2D eigenvalue weighted by molar-refractivity contribution is -0.124. The number of rotatable bonds is 4. The van der Waals surface area contributed by atoms with E-state index in [-0.39, 0.29) is 5.91 Å². The van der Waals surface area contributed by atoms with Gasteiger partial charge in [0.25, 0.3) is 0 Å². The number of amides is 1. The number of carbonyl (C=O) groups excluding carboxylic acids is 1. The van der Waals surface area contributed by atoms with Crippen molar-refractivity contribution in [3.05, 3.63) is 29.8 Å². The summed E-state index contributed by atoms with van der Waals surface area (Å²) in [6.07, 6.45) is 3.16. The van der Waals surface area contributed by atoms with E-state index >= 15 is 0 Å². The molecule has 2 rings (SSSR count). The van der Waals surface area contributed by atoms with E-state index in [1.165, 1.54) is 0 Å². The zero-order chi connectivity index (χ0) is 13.7. The van der Waals surface area contributed by atoms with Crippen molar-refractivity contribution in [1.29, 1.82) is 0 Å². The quantitative estimate of drug-likeness (QED) is 0.873. The number of nitrogens with two attached hydrogens (primary N) is 1. The fourth-order valence-corrected chi connectivity index (χ4v) is 2.34. The van der Waals surface area contributed by atoms with Gasteiger partial charge in [-0.2, -0.15) is 0 Å². The van der Waals surface area contributed by atoms with Gasteiger partial charge in [-0.15, -0.1) is 0 Å². The Kier molecular flexibility index (Phi) is 4.56. The number of anilines is 1. The van der Waals surface area contributed by atoms with Crippen LogP contribution in [-0.2, 0) is 16.0 Å². The number of aryl methyl sites for hydroxylation is 1. The van der Waals surface area contributed by atoms with Gasteiger partial charge in [-0.1, -0.05) is 31.5 Å². The zero-order valence-electron chi connectivity index (χ0n) is 11.4. The minimum absolute atomic E-state index is 0.0978. The van der Waals surface area contributed by atoms with Gasteiger partial charge in [-0.05, 0) is 30.9 Å². The molecule has 0 aliphatic carbocycles. The average Bonchev–Trinajstić information content (AvgIpc) is 2.42. The minimum Gasteiger partial charge on any atom is -0.381 e. The van der Waals surface area contributed by atoms with E-state index in [1.54, 1.807) is 0 Å². The number of ether oxygens (including phenoxy) is 1. The fourth-order valence-electron chi connectivity index (χ4n) is 2.34. The van der Waals surface area contributed by atoms with Gasteiger partial charge in [0, 0.05) is 18.9 Å². The first kappa shape index (κ1) is 14.0. The molecule has 0 aromatic heterocycles. The summed E-state index contributed by atoms with van der Waals surface area (Å²) in [5, 5.41) is 2.99. The molecule has 4 nitrogen and oxygen atoms in total. The predicted octanol–water partition coefficient (Wildman–Crippen LogP) is 2.09. The summed E-state index contributed by atoms with van der Waals surface area (Å²) in [7, 11) is 0. The van der Waals surface area contributed by atoms with E-state index in [0.717, 1.165) is 24.1 Å². The van der Waals surface area contributed by atoms with Crippen molar-refractivity contribution in [2.45, 2.75) is 38.1 Å². The number of carbonyl (C=O) groups is 1. The topological polar surface area (TPSA) is 64.4 Å². The lowest BCUT2D eigenvalue weighted by Crippen LogP contribution is -2.54. The molecule has 0 bridgehead atoms. The Morgan fingerprint density at radius 1 is 1.37 bits per heavy atom. The summed E-state index contributed by atoms with van der Waals surface area (Å²) in [6, 6.07) is 7.91. The van der Waals surface area contributed by atoms with Crippen LogP contribution in [-0.4, -0.2) is 24.7 Å². The molecule has 104 valence electrons. The summed E-state index contributed by atoms with van der Waals surface area (Å²) in [5.74, 6) is -0.0978. The van der Waals surface area contributed by atoms with Crippen molar-refractivity contribution in [3.8, 4) is 0 Å². The molecule has 1 heterocycles. The van der Waals surface area contributed by atoms with E-state index < -0.39 is 5.54 Å². The monoisotopic (exact) mass is 262 g/mol. The maximum Gasteiger partial charge on any atom is 0.244 e. The molecule has 19 heavy (non-hydrogen) atoms. The van der Waals surface area contributed by atoms with Gasteiger partial charge in [-0.25, -0.2) is 0 Å². The van der Waals surface area contributed by atoms with Gasteiger partial charge in [-0.3, -0.25) is 4.79 Å². The standard InChI is InChI=1S/C15H22N2O2/c1-2-5-12-6-3-4-7-13(12)17-14(18)15(16)8-10-19-11-9-15/h3-4,6-7H,2,5,8-11,16H2,1H3,(H,17,18). The largest absolute Gasteiger partial charge is 0.381 e. The minimum atomic E-state index is -0.794. The molecule has 1 aliphatic heterocycles. The zero-order valence-corrected chi connectivity index (χ0v) is 11.4. The third-order valence-corrected chi connectivity index (χ3v) is 3.62. The van der Waals surface area contributed by atoms with Crippen LogP contribution < -0.4 is 11.1 Å². The summed E-state index contributed by atoms with van der Waals surface area (Å²) >= 11 is 0. The predicted molar refractivity (Wildman–Crippen MR) is 76.0 cm³/mol. The van der Waals surface area contributed by atoms with E-state index in [9.17, 15) is 4.79 Å². The van der Waals surface area contributed by atoms with Gasteiger partial charge < -0.3 is 15.8 Å². The van der Waals surface area contributed by atoms with E-state index in [4.69, 9.17) is 10.5 Å². The summed E-state index contributed by atoms with van der Waals surface area (Å²) in [5.41, 5.74) is 7.43. The average molecular weight is 262 g/mol. The molecule has 1 aromatic rings. The van der Waals surface area contributed by atoms with Gasteiger partial charge in [0.2, 0.25) is 5.91 Å². The van der Waals surface area contributed by atoms with E-state index in [1.807, 2.05) is 24.3 Å².